The van der Waals surface area contributed by atoms with Crippen LogP contribution in [0.15, 0.2) is 72.8 Å². The van der Waals surface area contributed by atoms with Crippen molar-refractivity contribution in [2.24, 2.45) is 5.92 Å². The van der Waals surface area contributed by atoms with Gasteiger partial charge in [-0.15, -0.1) is 0 Å². The first kappa shape index (κ1) is 20.0. The van der Waals surface area contributed by atoms with Gasteiger partial charge in [-0.1, -0.05) is 53.5 Å². The largest absolute Gasteiger partial charge is 0.273 e. The van der Waals surface area contributed by atoms with E-state index in [1.54, 1.807) is 29.3 Å². The number of hydrogen-bond acceptors (Lipinski definition) is 4. The van der Waals surface area contributed by atoms with Crippen molar-refractivity contribution in [2.45, 2.75) is 12.1 Å². The lowest BCUT2D eigenvalue weighted by molar-refractivity contribution is -0.126. The van der Waals surface area contributed by atoms with Crippen LogP contribution in [0.25, 0.3) is 0 Å². The molecule has 2 aliphatic heterocycles. The molecular weight excluding hydrogens is 442 g/mol. The van der Waals surface area contributed by atoms with Crippen LogP contribution in [0, 0.1) is 11.7 Å². The van der Waals surface area contributed by atoms with E-state index < -0.39 is 35.7 Å². The summed E-state index contributed by atoms with van der Waals surface area (Å²) in [6, 6.07) is 19.5. The maximum Gasteiger partial charge on any atom is 0.266 e. The normalized spacial score (nSPS) is 22.9. The van der Waals surface area contributed by atoms with Crippen LogP contribution in [0.4, 0.5) is 15.8 Å². The number of imide groups is 1. The van der Waals surface area contributed by atoms with E-state index in [2.05, 4.69) is 0 Å². The molecule has 0 spiro atoms. The fourth-order valence-electron chi connectivity index (χ4n) is 4.09. The molecule has 0 N–H and O–H groups in total. The van der Waals surface area contributed by atoms with E-state index in [0.717, 1.165) is 16.5 Å². The third kappa shape index (κ3) is 3.28. The van der Waals surface area contributed by atoms with E-state index in [-0.39, 0.29) is 10.7 Å². The first-order valence-electron chi connectivity index (χ1n) is 9.55. The molecule has 2 amide bonds. The average Bonchev–Trinajstić information content (AvgIpc) is 3.28. The second-order valence-corrected chi connectivity index (χ2v) is 8.16. The van der Waals surface area contributed by atoms with Gasteiger partial charge in [0.05, 0.1) is 22.4 Å². The highest BCUT2D eigenvalue weighted by Crippen LogP contribution is 2.47. The number of carbonyl (C=O) groups is 2. The number of anilines is 2. The van der Waals surface area contributed by atoms with Gasteiger partial charge in [0.2, 0.25) is 5.91 Å². The summed E-state index contributed by atoms with van der Waals surface area (Å²) in [4.78, 5) is 33.6. The van der Waals surface area contributed by atoms with Crippen molar-refractivity contribution in [2.75, 3.05) is 9.96 Å². The number of hydrogen-bond donors (Lipinski definition) is 0. The number of amides is 2. The molecule has 0 aliphatic carbocycles. The van der Waals surface area contributed by atoms with Gasteiger partial charge in [0.25, 0.3) is 5.91 Å². The van der Waals surface area contributed by atoms with Crippen molar-refractivity contribution in [3.8, 4) is 0 Å². The Morgan fingerprint density at radius 2 is 1.55 bits per heavy atom. The summed E-state index contributed by atoms with van der Waals surface area (Å²) in [6.07, 6.45) is -1.04. The summed E-state index contributed by atoms with van der Waals surface area (Å²) >= 11 is 11.8. The number of hydroxylamine groups is 1. The van der Waals surface area contributed by atoms with Gasteiger partial charge < -0.3 is 0 Å². The van der Waals surface area contributed by atoms with Crippen LogP contribution in [0.3, 0.4) is 0 Å². The van der Waals surface area contributed by atoms with Crippen molar-refractivity contribution >= 4 is 46.4 Å². The first-order valence-corrected chi connectivity index (χ1v) is 10.3. The maximum absolute atomic E-state index is 14.0. The Balaban J connectivity index is 1.58. The van der Waals surface area contributed by atoms with Crippen molar-refractivity contribution in [3.63, 3.8) is 0 Å². The van der Waals surface area contributed by atoms with Crippen LogP contribution in [0.2, 0.25) is 10.0 Å². The molecule has 0 bridgehead atoms. The fourth-order valence-corrected chi connectivity index (χ4v) is 4.33. The first-order chi connectivity index (χ1) is 15.0. The molecule has 2 aliphatic rings. The Morgan fingerprint density at radius 1 is 0.839 bits per heavy atom. The molecular formula is C23H15Cl2FN2O3. The monoisotopic (exact) mass is 456 g/mol. The van der Waals surface area contributed by atoms with Gasteiger partial charge in [-0.25, -0.2) is 14.4 Å². The smallest absolute Gasteiger partial charge is 0.266 e. The lowest BCUT2D eigenvalue weighted by Gasteiger charge is -2.28. The Labute approximate surface area is 187 Å². The number of benzene rings is 3. The SMILES string of the molecule is O=C1[C@@H]2[C@@H](ON(c3ccccc3)[C@H]2c2ccc(Cl)cc2)C(=O)N1c1ccc(Cl)c(F)c1. The zero-order chi connectivity index (χ0) is 21.7. The van der Waals surface area contributed by atoms with Gasteiger partial charge in [0.1, 0.15) is 11.7 Å². The van der Waals surface area contributed by atoms with Gasteiger partial charge in [0.15, 0.2) is 6.10 Å². The number of para-hydroxylation sites is 1. The van der Waals surface area contributed by atoms with Gasteiger partial charge in [0, 0.05) is 5.02 Å². The van der Waals surface area contributed by atoms with Crippen molar-refractivity contribution in [3.05, 3.63) is 94.2 Å². The molecule has 8 heteroatoms. The summed E-state index contributed by atoms with van der Waals surface area (Å²) in [5.41, 5.74) is 1.60. The lowest BCUT2D eigenvalue weighted by atomic mass is 9.90. The quantitative estimate of drug-likeness (QED) is 0.509. The van der Waals surface area contributed by atoms with Crippen LogP contribution in [0.5, 0.6) is 0 Å². The molecule has 31 heavy (non-hydrogen) atoms. The molecule has 2 saturated heterocycles. The van der Waals surface area contributed by atoms with Crippen LogP contribution in [0.1, 0.15) is 11.6 Å². The molecule has 156 valence electrons. The molecule has 5 rings (SSSR count). The standard InChI is InChI=1S/C23H15Cl2FN2O3/c24-14-8-6-13(7-9-14)20-19-21(31-28(20)15-4-2-1-3-5-15)23(30)27(22(19)29)16-10-11-17(25)18(26)12-16/h1-12,19-21H/t19-,20-,21+/m0/s1. The highest BCUT2D eigenvalue weighted by molar-refractivity contribution is 6.31. The average molecular weight is 457 g/mol. The van der Waals surface area contributed by atoms with E-state index in [1.807, 2.05) is 30.3 Å². The van der Waals surface area contributed by atoms with Crippen LogP contribution < -0.4 is 9.96 Å². The molecule has 0 radical (unpaired) electrons. The third-order valence-corrected chi connectivity index (χ3v) is 6.06. The highest BCUT2D eigenvalue weighted by atomic mass is 35.5. The summed E-state index contributed by atoms with van der Waals surface area (Å²) in [6.45, 7) is 0. The molecule has 5 nitrogen and oxygen atoms in total. The zero-order valence-corrected chi connectivity index (χ0v) is 17.4. The molecule has 3 atom stereocenters. The number of halogens is 3. The minimum absolute atomic E-state index is 0.0893. The molecule has 0 unspecified atom stereocenters. The minimum Gasteiger partial charge on any atom is -0.273 e. The molecule has 3 aromatic carbocycles. The van der Waals surface area contributed by atoms with E-state index >= 15 is 0 Å². The second kappa shape index (κ2) is 7.64. The van der Waals surface area contributed by atoms with E-state index in [9.17, 15) is 14.0 Å². The molecule has 0 aromatic heterocycles. The summed E-state index contributed by atoms with van der Waals surface area (Å²) in [5, 5.41) is 2.06. The number of carbonyl (C=O) groups excluding carboxylic acids is 2. The van der Waals surface area contributed by atoms with E-state index in [4.69, 9.17) is 28.0 Å². The third-order valence-electron chi connectivity index (χ3n) is 5.50. The number of fused-ring (bicyclic) bond motifs is 1. The zero-order valence-electron chi connectivity index (χ0n) is 15.9. The van der Waals surface area contributed by atoms with Gasteiger partial charge in [-0.05, 0) is 48.0 Å². The Morgan fingerprint density at radius 3 is 2.23 bits per heavy atom. The van der Waals surface area contributed by atoms with Crippen LogP contribution in [-0.2, 0) is 14.4 Å². The molecule has 2 fully saturated rings. The second-order valence-electron chi connectivity index (χ2n) is 7.32. The summed E-state index contributed by atoms with van der Waals surface area (Å²) in [7, 11) is 0. The van der Waals surface area contributed by atoms with Crippen LogP contribution >= 0.6 is 23.2 Å². The predicted octanol–water partition coefficient (Wildman–Crippen LogP) is 5.18. The predicted molar refractivity (Wildman–Crippen MR) is 115 cm³/mol. The Hall–Kier alpha value is -2.93. The summed E-state index contributed by atoms with van der Waals surface area (Å²) in [5.74, 6) is -2.53. The molecule has 0 saturated carbocycles. The minimum atomic E-state index is -1.04. The molecule has 3 aromatic rings. The van der Waals surface area contributed by atoms with E-state index in [0.29, 0.717) is 10.7 Å². The van der Waals surface area contributed by atoms with Gasteiger partial charge in [-0.3, -0.25) is 14.4 Å². The van der Waals surface area contributed by atoms with Crippen molar-refractivity contribution < 1.29 is 18.8 Å². The Bertz CT molecular complexity index is 1170. The number of rotatable bonds is 3. The summed E-state index contributed by atoms with van der Waals surface area (Å²) < 4.78 is 14.0. The van der Waals surface area contributed by atoms with Gasteiger partial charge in [-0.2, -0.15) is 0 Å². The van der Waals surface area contributed by atoms with Gasteiger partial charge >= 0.3 is 0 Å². The maximum atomic E-state index is 14.0. The van der Waals surface area contributed by atoms with Crippen LogP contribution in [-0.4, -0.2) is 17.9 Å². The number of nitrogens with zero attached hydrogens (tertiary/aromatic N) is 2. The lowest BCUT2D eigenvalue weighted by Crippen LogP contribution is -2.37. The fraction of sp³-hybridized carbons (Fsp3) is 0.130. The van der Waals surface area contributed by atoms with E-state index in [1.165, 1.54) is 12.1 Å². The molecule has 2 heterocycles. The van der Waals surface area contributed by atoms with Crippen molar-refractivity contribution in [1.29, 1.82) is 0 Å². The topological polar surface area (TPSA) is 49.9 Å². The van der Waals surface area contributed by atoms with Crippen molar-refractivity contribution in [1.82, 2.24) is 0 Å². The Kier molecular flexibility index (Phi) is 4.93. The highest BCUT2D eigenvalue weighted by Gasteiger charge is 2.60.